The van der Waals surface area contributed by atoms with Gasteiger partial charge in [-0.25, -0.2) is 0 Å². The molecule has 0 atom stereocenters. The second kappa shape index (κ2) is 6.55. The number of halogens is 1. The first-order valence-electron chi connectivity index (χ1n) is 7.36. The fourth-order valence-electron chi connectivity index (χ4n) is 2.46. The Hall–Kier alpha value is -1.78. The van der Waals surface area contributed by atoms with Gasteiger partial charge in [0.1, 0.15) is 0 Å². The van der Waals surface area contributed by atoms with E-state index >= 15 is 0 Å². The highest BCUT2D eigenvalue weighted by Gasteiger charge is 2.17. The molecule has 2 aromatic rings. The van der Waals surface area contributed by atoms with E-state index in [4.69, 9.17) is 21.1 Å². The average molecular weight is 319 g/mol. The van der Waals surface area contributed by atoms with E-state index in [9.17, 15) is 0 Å². The molecular weight excluding hydrogens is 300 g/mol. The maximum atomic E-state index is 6.32. The highest BCUT2D eigenvalue weighted by atomic mass is 35.5. The van der Waals surface area contributed by atoms with Gasteiger partial charge in [-0.3, -0.25) is 9.88 Å². The second-order valence-corrected chi connectivity index (χ2v) is 5.89. The van der Waals surface area contributed by atoms with Crippen molar-refractivity contribution < 1.29 is 9.47 Å². The molecule has 0 N–H and O–H groups in total. The second-order valence-electron chi connectivity index (χ2n) is 5.48. The van der Waals surface area contributed by atoms with Crippen LogP contribution in [0.2, 0.25) is 5.02 Å². The minimum absolute atomic E-state index is 0.263. The van der Waals surface area contributed by atoms with Crippen LogP contribution < -0.4 is 9.47 Å². The van der Waals surface area contributed by atoms with Crippen LogP contribution in [0.1, 0.15) is 23.7 Å². The number of hydrogen-bond donors (Lipinski definition) is 0. The zero-order valence-corrected chi connectivity index (χ0v) is 13.6. The molecule has 0 saturated carbocycles. The lowest BCUT2D eigenvalue weighted by molar-refractivity contribution is 0.174. The van der Waals surface area contributed by atoms with Gasteiger partial charge in [-0.1, -0.05) is 24.6 Å². The molecule has 0 bridgehead atoms. The van der Waals surface area contributed by atoms with Gasteiger partial charge < -0.3 is 9.47 Å². The number of pyridine rings is 1. The molecule has 1 aromatic heterocycles. The van der Waals surface area contributed by atoms with Crippen molar-refractivity contribution >= 4 is 11.6 Å². The van der Waals surface area contributed by atoms with E-state index in [0.717, 1.165) is 36.5 Å². The van der Waals surface area contributed by atoms with Crippen molar-refractivity contribution in [1.82, 2.24) is 9.88 Å². The van der Waals surface area contributed by atoms with Gasteiger partial charge in [-0.15, -0.1) is 0 Å². The summed E-state index contributed by atoms with van der Waals surface area (Å²) in [6, 6.07) is 7.98. The molecule has 2 heterocycles. The molecule has 1 aliphatic rings. The zero-order valence-electron chi connectivity index (χ0n) is 12.8. The minimum Gasteiger partial charge on any atom is -0.454 e. The Morgan fingerprint density at radius 2 is 1.95 bits per heavy atom. The van der Waals surface area contributed by atoms with Crippen LogP contribution in [0.4, 0.5) is 0 Å². The first-order chi connectivity index (χ1) is 10.7. The fraction of sp³-hybridized carbons (Fsp3) is 0.353. The average Bonchev–Trinajstić information content (AvgIpc) is 2.95. The molecule has 0 unspecified atom stereocenters. The summed E-state index contributed by atoms with van der Waals surface area (Å²) in [7, 11) is 2.05. The highest BCUT2D eigenvalue weighted by molar-refractivity contribution is 6.31. The van der Waals surface area contributed by atoms with Gasteiger partial charge in [0.15, 0.2) is 11.5 Å². The molecule has 22 heavy (non-hydrogen) atoms. The van der Waals surface area contributed by atoms with Crippen molar-refractivity contribution in [3.05, 3.63) is 52.3 Å². The summed E-state index contributed by atoms with van der Waals surface area (Å²) < 4.78 is 10.7. The Labute approximate surface area is 135 Å². The molecule has 0 saturated heterocycles. The lowest BCUT2D eigenvalue weighted by Crippen LogP contribution is -2.18. The van der Waals surface area contributed by atoms with Crippen molar-refractivity contribution in [3.63, 3.8) is 0 Å². The standard InChI is InChI=1S/C17H19ClN2O2/c1-3-12-4-5-14(19-8-12)10-20(2)9-13-6-16-17(7-15(13)18)22-11-21-16/h4-8H,3,9-11H2,1-2H3. The predicted octanol–water partition coefficient (Wildman–Crippen LogP) is 3.66. The molecule has 3 rings (SSSR count). The van der Waals surface area contributed by atoms with Gasteiger partial charge >= 0.3 is 0 Å². The summed E-state index contributed by atoms with van der Waals surface area (Å²) in [6.07, 6.45) is 2.95. The molecule has 5 heteroatoms. The van der Waals surface area contributed by atoms with E-state index in [0.29, 0.717) is 10.8 Å². The number of nitrogens with zero attached hydrogens (tertiary/aromatic N) is 2. The van der Waals surface area contributed by atoms with Crippen LogP contribution in [0.15, 0.2) is 30.5 Å². The van der Waals surface area contributed by atoms with Crippen LogP contribution in [0.25, 0.3) is 0 Å². The van der Waals surface area contributed by atoms with Gasteiger partial charge in [0.25, 0.3) is 0 Å². The van der Waals surface area contributed by atoms with Crippen LogP contribution in [-0.2, 0) is 19.5 Å². The molecule has 1 aromatic carbocycles. The Balaban J connectivity index is 1.67. The fourth-order valence-corrected chi connectivity index (χ4v) is 2.67. The van der Waals surface area contributed by atoms with Crippen molar-refractivity contribution in [3.8, 4) is 11.5 Å². The SMILES string of the molecule is CCc1ccc(CN(C)Cc2cc3c(cc2Cl)OCO3)nc1. The van der Waals surface area contributed by atoms with E-state index in [1.54, 1.807) is 0 Å². The van der Waals surface area contributed by atoms with Gasteiger partial charge in [0.05, 0.1) is 5.69 Å². The molecule has 0 fully saturated rings. The van der Waals surface area contributed by atoms with Crippen LogP contribution >= 0.6 is 11.6 Å². The van der Waals surface area contributed by atoms with Crippen LogP contribution in [0.5, 0.6) is 11.5 Å². The Bertz CT molecular complexity index is 658. The Morgan fingerprint density at radius 1 is 1.18 bits per heavy atom. The summed E-state index contributed by atoms with van der Waals surface area (Å²) in [5.74, 6) is 1.48. The summed E-state index contributed by atoms with van der Waals surface area (Å²) in [5.41, 5.74) is 3.33. The molecule has 0 aliphatic carbocycles. The molecular formula is C17H19ClN2O2. The number of benzene rings is 1. The lowest BCUT2D eigenvalue weighted by Gasteiger charge is -2.17. The molecule has 0 spiro atoms. The quantitative estimate of drug-likeness (QED) is 0.842. The number of hydrogen-bond acceptors (Lipinski definition) is 4. The maximum Gasteiger partial charge on any atom is 0.231 e. The van der Waals surface area contributed by atoms with Gasteiger partial charge in [0, 0.05) is 30.4 Å². The topological polar surface area (TPSA) is 34.6 Å². The number of aryl methyl sites for hydroxylation is 1. The summed E-state index contributed by atoms with van der Waals surface area (Å²) in [6.45, 7) is 3.89. The van der Waals surface area contributed by atoms with Crippen LogP contribution in [-0.4, -0.2) is 23.7 Å². The van der Waals surface area contributed by atoms with Gasteiger partial charge in [0.2, 0.25) is 6.79 Å². The van der Waals surface area contributed by atoms with Gasteiger partial charge in [-0.2, -0.15) is 0 Å². The monoisotopic (exact) mass is 318 g/mol. The third-order valence-electron chi connectivity index (χ3n) is 3.71. The van der Waals surface area contributed by atoms with Crippen molar-refractivity contribution in [1.29, 1.82) is 0 Å². The third kappa shape index (κ3) is 3.34. The van der Waals surface area contributed by atoms with E-state index in [-0.39, 0.29) is 6.79 Å². The summed E-state index contributed by atoms with van der Waals surface area (Å²) >= 11 is 6.32. The van der Waals surface area contributed by atoms with Crippen molar-refractivity contribution in [2.45, 2.75) is 26.4 Å². The lowest BCUT2D eigenvalue weighted by atomic mass is 10.1. The van der Waals surface area contributed by atoms with Crippen molar-refractivity contribution in [2.75, 3.05) is 13.8 Å². The number of aromatic nitrogens is 1. The smallest absolute Gasteiger partial charge is 0.231 e. The zero-order chi connectivity index (χ0) is 15.5. The van der Waals surface area contributed by atoms with Crippen LogP contribution in [0.3, 0.4) is 0 Å². The largest absolute Gasteiger partial charge is 0.454 e. The third-order valence-corrected chi connectivity index (χ3v) is 4.06. The summed E-state index contributed by atoms with van der Waals surface area (Å²) in [5, 5.41) is 0.699. The molecule has 1 aliphatic heterocycles. The number of rotatable bonds is 5. The van der Waals surface area contributed by atoms with E-state index in [1.165, 1.54) is 5.56 Å². The Morgan fingerprint density at radius 3 is 2.64 bits per heavy atom. The molecule has 4 nitrogen and oxygen atoms in total. The first-order valence-corrected chi connectivity index (χ1v) is 7.74. The normalized spacial score (nSPS) is 12.9. The van der Waals surface area contributed by atoms with E-state index in [1.807, 2.05) is 18.3 Å². The van der Waals surface area contributed by atoms with E-state index in [2.05, 4.69) is 36.0 Å². The molecule has 0 radical (unpaired) electrons. The highest BCUT2D eigenvalue weighted by Crippen LogP contribution is 2.37. The molecule has 116 valence electrons. The van der Waals surface area contributed by atoms with Gasteiger partial charge in [-0.05, 0) is 36.7 Å². The van der Waals surface area contributed by atoms with E-state index < -0.39 is 0 Å². The summed E-state index contributed by atoms with van der Waals surface area (Å²) in [4.78, 5) is 6.67. The van der Waals surface area contributed by atoms with Crippen LogP contribution in [0, 0.1) is 0 Å². The van der Waals surface area contributed by atoms with Crippen molar-refractivity contribution in [2.24, 2.45) is 0 Å². The first kappa shape index (κ1) is 15.1. The minimum atomic E-state index is 0.263. The Kier molecular flexibility index (Phi) is 4.50. The number of fused-ring (bicyclic) bond motifs is 1. The maximum absolute atomic E-state index is 6.32. The molecule has 0 amide bonds. The number of ether oxygens (including phenoxy) is 2. The predicted molar refractivity (Wildman–Crippen MR) is 86.4 cm³/mol.